The molecule has 0 aliphatic heterocycles. The van der Waals surface area contributed by atoms with E-state index in [0.29, 0.717) is 20.8 Å². The highest BCUT2D eigenvalue weighted by atomic mass is 35.5. The van der Waals surface area contributed by atoms with Crippen LogP contribution < -0.4 is 0 Å². The zero-order valence-electron chi connectivity index (χ0n) is 15.2. The number of aromatic amines is 1. The lowest BCUT2D eigenvalue weighted by Gasteiger charge is -2.03. The monoisotopic (exact) mass is 438 g/mol. The molecule has 0 atom stereocenters. The Morgan fingerprint density at radius 3 is 2.21 bits per heavy atom. The van der Waals surface area contributed by atoms with Crippen molar-refractivity contribution in [3.8, 4) is 22.5 Å². The Hall–Kier alpha value is -2.53. The van der Waals surface area contributed by atoms with Crippen molar-refractivity contribution in [1.82, 2.24) is 9.97 Å². The van der Waals surface area contributed by atoms with Gasteiger partial charge in [-0.05, 0) is 18.2 Å². The first-order chi connectivity index (χ1) is 14.1. The summed E-state index contributed by atoms with van der Waals surface area (Å²) >= 11 is 13.4. The van der Waals surface area contributed by atoms with Gasteiger partial charge in [0.05, 0.1) is 22.2 Å². The van der Waals surface area contributed by atoms with Gasteiger partial charge in [0.15, 0.2) is 10.9 Å². The van der Waals surface area contributed by atoms with Crippen LogP contribution in [0.5, 0.6) is 0 Å². The van der Waals surface area contributed by atoms with Gasteiger partial charge in [-0.15, -0.1) is 0 Å². The van der Waals surface area contributed by atoms with E-state index >= 15 is 0 Å². The van der Waals surface area contributed by atoms with Crippen molar-refractivity contribution in [1.29, 1.82) is 0 Å². The number of hydrogen-bond donors (Lipinski definition) is 1. The van der Waals surface area contributed by atoms with Gasteiger partial charge in [0.1, 0.15) is 0 Å². The second-order valence-electron chi connectivity index (χ2n) is 6.33. The fraction of sp³-hybridized carbons (Fsp3) is 0.0435. The SMILES string of the molecule is O=C(CSc1nc(-c2ccccc2)c(-c2ccccc2)[nH]1)c1ccc(Cl)cc1Cl. The minimum Gasteiger partial charge on any atom is -0.332 e. The lowest BCUT2D eigenvalue weighted by atomic mass is 10.1. The molecular weight excluding hydrogens is 423 g/mol. The number of nitrogens with one attached hydrogen (secondary N) is 1. The summed E-state index contributed by atoms with van der Waals surface area (Å²) in [5, 5.41) is 1.55. The summed E-state index contributed by atoms with van der Waals surface area (Å²) in [5.41, 5.74) is 4.30. The predicted molar refractivity (Wildman–Crippen MR) is 121 cm³/mol. The van der Waals surface area contributed by atoms with Crippen molar-refractivity contribution in [3.05, 3.63) is 94.5 Å². The second-order valence-corrected chi connectivity index (χ2v) is 8.14. The smallest absolute Gasteiger partial charge is 0.174 e. The summed E-state index contributed by atoms with van der Waals surface area (Å²) in [5.74, 6) is 0.146. The first-order valence-electron chi connectivity index (χ1n) is 8.94. The summed E-state index contributed by atoms with van der Waals surface area (Å²) in [6.45, 7) is 0. The number of carbonyl (C=O) groups excluding carboxylic acids is 1. The Bertz CT molecular complexity index is 1090. The van der Waals surface area contributed by atoms with E-state index in [2.05, 4.69) is 4.98 Å². The van der Waals surface area contributed by atoms with Crippen molar-refractivity contribution in [2.75, 3.05) is 5.75 Å². The molecule has 1 aromatic heterocycles. The van der Waals surface area contributed by atoms with Gasteiger partial charge >= 0.3 is 0 Å². The molecule has 0 aliphatic rings. The number of halogens is 2. The first-order valence-corrected chi connectivity index (χ1v) is 10.7. The van der Waals surface area contributed by atoms with Crippen molar-refractivity contribution >= 4 is 40.7 Å². The summed E-state index contributed by atoms with van der Waals surface area (Å²) in [6, 6.07) is 24.9. The number of benzene rings is 3. The number of thioether (sulfide) groups is 1. The molecule has 0 unspecified atom stereocenters. The van der Waals surface area contributed by atoms with Crippen LogP contribution in [-0.4, -0.2) is 21.5 Å². The molecule has 3 aromatic carbocycles. The number of rotatable bonds is 6. The highest BCUT2D eigenvalue weighted by Crippen LogP contribution is 2.33. The number of aromatic nitrogens is 2. The molecule has 0 saturated heterocycles. The molecular formula is C23H16Cl2N2OS. The molecule has 6 heteroatoms. The Kier molecular flexibility index (Phi) is 6.05. The Morgan fingerprint density at radius 2 is 1.55 bits per heavy atom. The summed E-state index contributed by atoms with van der Waals surface area (Å²) in [4.78, 5) is 20.7. The molecule has 0 spiro atoms. The lowest BCUT2D eigenvalue weighted by molar-refractivity contribution is 0.102. The molecule has 0 amide bonds. The molecule has 3 nitrogen and oxygen atoms in total. The van der Waals surface area contributed by atoms with Crippen LogP contribution in [0.2, 0.25) is 10.0 Å². The van der Waals surface area contributed by atoms with Gasteiger partial charge in [-0.2, -0.15) is 0 Å². The minimum absolute atomic E-state index is 0.0735. The Morgan fingerprint density at radius 1 is 0.897 bits per heavy atom. The number of Topliss-reactive ketones (excluding diaryl/α,β-unsaturated/α-hetero) is 1. The average molecular weight is 439 g/mol. The van der Waals surface area contributed by atoms with Crippen molar-refractivity contribution in [3.63, 3.8) is 0 Å². The fourth-order valence-electron chi connectivity index (χ4n) is 2.97. The largest absolute Gasteiger partial charge is 0.332 e. The maximum absolute atomic E-state index is 12.6. The van der Waals surface area contributed by atoms with Crippen molar-refractivity contribution < 1.29 is 4.79 Å². The number of hydrogen-bond acceptors (Lipinski definition) is 3. The van der Waals surface area contributed by atoms with E-state index < -0.39 is 0 Å². The van der Waals surface area contributed by atoms with E-state index in [0.717, 1.165) is 22.5 Å². The highest BCUT2D eigenvalue weighted by molar-refractivity contribution is 7.99. The molecule has 4 aromatic rings. The van der Waals surface area contributed by atoms with Crippen LogP contribution in [0.1, 0.15) is 10.4 Å². The van der Waals surface area contributed by atoms with Crippen LogP contribution in [0.25, 0.3) is 22.5 Å². The van der Waals surface area contributed by atoms with Crippen LogP contribution in [-0.2, 0) is 0 Å². The van der Waals surface area contributed by atoms with Crippen LogP contribution in [0.15, 0.2) is 84.0 Å². The zero-order chi connectivity index (χ0) is 20.2. The topological polar surface area (TPSA) is 45.8 Å². The molecule has 1 heterocycles. The van der Waals surface area contributed by atoms with Crippen LogP contribution >= 0.6 is 35.0 Å². The molecule has 144 valence electrons. The molecule has 29 heavy (non-hydrogen) atoms. The predicted octanol–water partition coefficient (Wildman–Crippen LogP) is 7.03. The maximum atomic E-state index is 12.6. The number of imidazole rings is 1. The molecule has 0 saturated carbocycles. The lowest BCUT2D eigenvalue weighted by Crippen LogP contribution is -2.03. The fourth-order valence-corrected chi connectivity index (χ4v) is 4.23. The van der Waals surface area contributed by atoms with E-state index in [1.165, 1.54) is 11.8 Å². The van der Waals surface area contributed by atoms with E-state index in [4.69, 9.17) is 28.2 Å². The number of H-pyrrole nitrogens is 1. The Balaban J connectivity index is 1.61. The van der Waals surface area contributed by atoms with Crippen LogP contribution in [0.3, 0.4) is 0 Å². The number of ketones is 1. The highest BCUT2D eigenvalue weighted by Gasteiger charge is 2.16. The maximum Gasteiger partial charge on any atom is 0.174 e. The van der Waals surface area contributed by atoms with Crippen molar-refractivity contribution in [2.24, 2.45) is 0 Å². The summed E-state index contributed by atoms with van der Waals surface area (Å²) in [7, 11) is 0. The average Bonchev–Trinajstić information content (AvgIpc) is 3.18. The van der Waals surface area contributed by atoms with Gasteiger partial charge in [0.25, 0.3) is 0 Å². The number of carbonyl (C=O) groups is 1. The third-order valence-corrected chi connectivity index (χ3v) is 5.78. The Labute approximate surface area is 183 Å². The third-order valence-electron chi connectivity index (χ3n) is 4.36. The second kappa shape index (κ2) is 8.87. The normalized spacial score (nSPS) is 10.8. The van der Waals surface area contributed by atoms with Gasteiger partial charge in [-0.25, -0.2) is 4.98 Å². The molecule has 4 rings (SSSR count). The molecule has 1 N–H and O–H groups in total. The zero-order valence-corrected chi connectivity index (χ0v) is 17.6. The van der Waals surface area contributed by atoms with Gasteiger partial charge in [-0.1, -0.05) is 95.6 Å². The quantitative estimate of drug-likeness (QED) is 0.259. The van der Waals surface area contributed by atoms with E-state index in [9.17, 15) is 4.79 Å². The molecule has 0 radical (unpaired) electrons. The van der Waals surface area contributed by atoms with Crippen LogP contribution in [0.4, 0.5) is 0 Å². The molecule has 0 fully saturated rings. The van der Waals surface area contributed by atoms with E-state index in [1.54, 1.807) is 18.2 Å². The minimum atomic E-state index is -0.0735. The summed E-state index contributed by atoms with van der Waals surface area (Å²) in [6.07, 6.45) is 0. The first kappa shape index (κ1) is 19.8. The number of nitrogens with zero attached hydrogens (tertiary/aromatic N) is 1. The van der Waals surface area contributed by atoms with Crippen molar-refractivity contribution in [2.45, 2.75) is 5.16 Å². The standard InChI is InChI=1S/C23H16Cl2N2OS/c24-17-11-12-18(19(25)13-17)20(28)14-29-23-26-21(15-7-3-1-4-8-15)22(27-23)16-9-5-2-6-10-16/h1-13H,14H2,(H,26,27). The van der Waals surface area contributed by atoms with Crippen LogP contribution in [0, 0.1) is 0 Å². The molecule has 0 bridgehead atoms. The summed E-state index contributed by atoms with van der Waals surface area (Å²) < 4.78 is 0. The van der Waals surface area contributed by atoms with Gasteiger partial charge in [-0.3, -0.25) is 4.79 Å². The third kappa shape index (κ3) is 4.56. The van der Waals surface area contributed by atoms with E-state index in [-0.39, 0.29) is 11.5 Å². The van der Waals surface area contributed by atoms with Gasteiger partial charge < -0.3 is 4.98 Å². The van der Waals surface area contributed by atoms with Gasteiger partial charge in [0.2, 0.25) is 0 Å². The molecule has 0 aliphatic carbocycles. The van der Waals surface area contributed by atoms with Gasteiger partial charge in [0, 0.05) is 21.7 Å². The van der Waals surface area contributed by atoms with E-state index in [1.807, 2.05) is 60.7 Å².